The lowest BCUT2D eigenvalue weighted by Gasteiger charge is -2.21. The molecular formula is C10H21NO2S. The molecule has 1 saturated heterocycles. The minimum atomic E-state index is -0.652. The van der Waals surface area contributed by atoms with Crippen molar-refractivity contribution < 1.29 is 8.95 Å². The minimum Gasteiger partial charge on any atom is -0.381 e. The van der Waals surface area contributed by atoms with Gasteiger partial charge in [-0.05, 0) is 25.8 Å². The van der Waals surface area contributed by atoms with Crippen LogP contribution in [0.3, 0.4) is 0 Å². The molecule has 1 rings (SSSR count). The molecule has 0 spiro atoms. The van der Waals surface area contributed by atoms with Gasteiger partial charge in [0, 0.05) is 41.6 Å². The first kappa shape index (κ1) is 12.1. The first-order chi connectivity index (χ1) is 6.84. The molecular weight excluding hydrogens is 198 g/mol. The third-order valence-corrected chi connectivity index (χ3v) is 4.27. The second-order valence-corrected chi connectivity index (χ2v) is 5.48. The van der Waals surface area contributed by atoms with Crippen LogP contribution in [-0.4, -0.2) is 41.5 Å². The van der Waals surface area contributed by atoms with Crippen molar-refractivity contribution in [2.24, 2.45) is 0 Å². The molecule has 1 unspecified atom stereocenters. The summed E-state index contributed by atoms with van der Waals surface area (Å²) in [4.78, 5) is 0. The summed E-state index contributed by atoms with van der Waals surface area (Å²) in [7, 11) is -0.652. The fraction of sp³-hybridized carbons (Fsp3) is 1.00. The summed E-state index contributed by atoms with van der Waals surface area (Å²) in [6.07, 6.45) is 3.09. The number of ether oxygens (including phenoxy) is 1. The summed E-state index contributed by atoms with van der Waals surface area (Å²) < 4.78 is 17.0. The minimum absolute atomic E-state index is 0.382. The molecule has 0 saturated carbocycles. The molecule has 1 atom stereocenters. The van der Waals surface area contributed by atoms with E-state index in [1.165, 1.54) is 0 Å². The summed E-state index contributed by atoms with van der Waals surface area (Å²) in [5.74, 6) is 0.796. The Morgan fingerprint density at radius 3 is 2.71 bits per heavy atom. The van der Waals surface area contributed by atoms with Gasteiger partial charge in [0.2, 0.25) is 0 Å². The van der Waals surface area contributed by atoms with Crippen LogP contribution in [0.15, 0.2) is 0 Å². The standard InChI is InChI=1S/C10H21NO2S/c1-2-5-11-6-9-14(12)10-3-7-13-8-4-10/h10-11H,2-9H2,1H3. The molecule has 0 aromatic rings. The molecule has 0 aromatic heterocycles. The van der Waals surface area contributed by atoms with E-state index in [1.807, 2.05) is 0 Å². The van der Waals surface area contributed by atoms with Gasteiger partial charge in [-0.15, -0.1) is 0 Å². The Morgan fingerprint density at radius 1 is 1.36 bits per heavy atom. The lowest BCUT2D eigenvalue weighted by Crippen LogP contribution is -2.30. The van der Waals surface area contributed by atoms with Gasteiger partial charge in [0.05, 0.1) is 0 Å². The van der Waals surface area contributed by atoms with Gasteiger partial charge in [-0.2, -0.15) is 0 Å². The molecule has 0 radical (unpaired) electrons. The lowest BCUT2D eigenvalue weighted by molar-refractivity contribution is 0.0992. The highest BCUT2D eigenvalue weighted by Gasteiger charge is 2.19. The molecule has 0 bridgehead atoms. The monoisotopic (exact) mass is 219 g/mol. The Morgan fingerprint density at radius 2 is 2.07 bits per heavy atom. The van der Waals surface area contributed by atoms with E-state index >= 15 is 0 Å². The number of nitrogens with one attached hydrogen (secondary N) is 1. The Bertz CT molecular complexity index is 170. The van der Waals surface area contributed by atoms with Crippen LogP contribution in [0.1, 0.15) is 26.2 Å². The summed E-state index contributed by atoms with van der Waals surface area (Å²) in [5.41, 5.74) is 0. The summed E-state index contributed by atoms with van der Waals surface area (Å²) in [6, 6.07) is 0. The van der Waals surface area contributed by atoms with Crippen molar-refractivity contribution in [1.29, 1.82) is 0 Å². The molecule has 0 amide bonds. The average Bonchev–Trinajstić information content (AvgIpc) is 2.25. The van der Waals surface area contributed by atoms with Gasteiger partial charge in [0.25, 0.3) is 0 Å². The first-order valence-electron chi connectivity index (χ1n) is 5.50. The van der Waals surface area contributed by atoms with Crippen molar-refractivity contribution in [2.45, 2.75) is 31.4 Å². The van der Waals surface area contributed by atoms with Crippen LogP contribution in [0.5, 0.6) is 0 Å². The number of hydrogen-bond donors (Lipinski definition) is 1. The second kappa shape index (κ2) is 7.37. The first-order valence-corrected chi connectivity index (χ1v) is 6.88. The lowest BCUT2D eigenvalue weighted by atomic mass is 10.2. The maximum atomic E-state index is 11.8. The Hall–Kier alpha value is 0.0700. The van der Waals surface area contributed by atoms with Crippen LogP contribution in [0.2, 0.25) is 0 Å². The predicted molar refractivity (Wildman–Crippen MR) is 60.0 cm³/mol. The third kappa shape index (κ3) is 4.53. The smallest absolute Gasteiger partial charge is 0.0477 e. The van der Waals surface area contributed by atoms with E-state index in [9.17, 15) is 4.21 Å². The van der Waals surface area contributed by atoms with Crippen LogP contribution in [0.25, 0.3) is 0 Å². The second-order valence-electron chi connectivity index (χ2n) is 3.65. The van der Waals surface area contributed by atoms with Gasteiger partial charge >= 0.3 is 0 Å². The highest BCUT2D eigenvalue weighted by atomic mass is 32.2. The molecule has 1 N–H and O–H groups in total. The van der Waals surface area contributed by atoms with Crippen molar-refractivity contribution in [3.05, 3.63) is 0 Å². The zero-order valence-electron chi connectivity index (χ0n) is 8.96. The van der Waals surface area contributed by atoms with E-state index in [1.54, 1.807) is 0 Å². The zero-order chi connectivity index (χ0) is 10.2. The normalized spacial score (nSPS) is 20.9. The van der Waals surface area contributed by atoms with Gasteiger partial charge < -0.3 is 10.1 Å². The molecule has 1 heterocycles. The molecule has 3 nitrogen and oxygen atoms in total. The Labute approximate surface area is 89.1 Å². The fourth-order valence-corrected chi connectivity index (χ4v) is 2.98. The molecule has 84 valence electrons. The highest BCUT2D eigenvalue weighted by molar-refractivity contribution is 7.85. The SMILES string of the molecule is CCCNCCS(=O)C1CCOCC1. The van der Waals surface area contributed by atoms with Crippen molar-refractivity contribution in [3.8, 4) is 0 Å². The molecule has 0 aliphatic carbocycles. The number of rotatable bonds is 6. The van der Waals surface area contributed by atoms with Crippen molar-refractivity contribution in [1.82, 2.24) is 5.32 Å². The molecule has 14 heavy (non-hydrogen) atoms. The average molecular weight is 219 g/mol. The summed E-state index contributed by atoms with van der Waals surface area (Å²) in [5, 5.41) is 3.66. The van der Waals surface area contributed by atoms with Crippen molar-refractivity contribution >= 4 is 10.8 Å². The summed E-state index contributed by atoms with van der Waals surface area (Å²) in [6.45, 7) is 5.64. The van der Waals surface area contributed by atoms with Crippen LogP contribution in [0.4, 0.5) is 0 Å². The molecule has 0 aromatic carbocycles. The van der Waals surface area contributed by atoms with E-state index in [4.69, 9.17) is 4.74 Å². The maximum absolute atomic E-state index is 11.8. The van der Waals surface area contributed by atoms with Crippen molar-refractivity contribution in [3.63, 3.8) is 0 Å². The maximum Gasteiger partial charge on any atom is 0.0477 e. The Kier molecular flexibility index (Phi) is 6.39. The summed E-state index contributed by atoms with van der Waals surface area (Å²) >= 11 is 0. The quantitative estimate of drug-likeness (QED) is 0.675. The van der Waals surface area contributed by atoms with Gasteiger partial charge in [0.15, 0.2) is 0 Å². The van der Waals surface area contributed by atoms with Gasteiger partial charge in [-0.3, -0.25) is 4.21 Å². The van der Waals surface area contributed by atoms with Gasteiger partial charge in [0.1, 0.15) is 0 Å². The zero-order valence-corrected chi connectivity index (χ0v) is 9.78. The van der Waals surface area contributed by atoms with Crippen LogP contribution in [-0.2, 0) is 15.5 Å². The van der Waals surface area contributed by atoms with Crippen molar-refractivity contribution in [2.75, 3.05) is 32.1 Å². The van der Waals surface area contributed by atoms with Crippen LogP contribution >= 0.6 is 0 Å². The van der Waals surface area contributed by atoms with E-state index in [-0.39, 0.29) is 0 Å². The van der Waals surface area contributed by atoms with Gasteiger partial charge in [-0.1, -0.05) is 6.92 Å². The topological polar surface area (TPSA) is 38.3 Å². The largest absolute Gasteiger partial charge is 0.381 e. The predicted octanol–water partition coefficient (Wildman–Crippen LogP) is 0.914. The molecule has 1 fully saturated rings. The van der Waals surface area contributed by atoms with E-state index in [0.29, 0.717) is 5.25 Å². The highest BCUT2D eigenvalue weighted by Crippen LogP contribution is 2.12. The van der Waals surface area contributed by atoms with Crippen LogP contribution < -0.4 is 5.32 Å². The Balaban J connectivity index is 2.07. The number of hydrogen-bond acceptors (Lipinski definition) is 3. The molecule has 1 aliphatic rings. The van der Waals surface area contributed by atoms with E-state index < -0.39 is 10.8 Å². The van der Waals surface area contributed by atoms with E-state index in [0.717, 1.165) is 51.3 Å². The molecule has 1 aliphatic heterocycles. The van der Waals surface area contributed by atoms with E-state index in [2.05, 4.69) is 12.2 Å². The van der Waals surface area contributed by atoms with Gasteiger partial charge in [-0.25, -0.2) is 0 Å². The van der Waals surface area contributed by atoms with Crippen LogP contribution in [0, 0.1) is 0 Å². The fourth-order valence-electron chi connectivity index (χ4n) is 1.58. The third-order valence-electron chi connectivity index (χ3n) is 2.45. The molecule has 4 heteroatoms.